The molecule has 0 rings (SSSR count). The maximum atomic E-state index is 7.23. The van der Waals surface area contributed by atoms with Crippen molar-refractivity contribution < 1.29 is 29.4 Å². The predicted molar refractivity (Wildman–Crippen MR) is 49.4 cm³/mol. The Hall–Kier alpha value is 1.48. The van der Waals surface area contributed by atoms with Crippen LogP contribution in [0.2, 0.25) is 0 Å². The van der Waals surface area contributed by atoms with Crippen LogP contribution in [0.4, 0.5) is 0 Å². The van der Waals surface area contributed by atoms with Crippen molar-refractivity contribution >= 4 is 37.0 Å². The van der Waals surface area contributed by atoms with Crippen molar-refractivity contribution in [3.05, 3.63) is 0 Å². The first-order valence-corrected chi connectivity index (χ1v) is 3.60. The molecule has 6 nitrogen and oxygen atoms in total. The molecule has 0 aliphatic rings. The second kappa shape index (κ2) is 16.8. The summed E-state index contributed by atoms with van der Waals surface area (Å²) in [6.45, 7) is 0. The largest absolute Gasteiger partial charge is 0.328 e. The van der Waals surface area contributed by atoms with Crippen LogP contribution in [-0.4, -0.2) is 29.4 Å². The highest BCUT2D eigenvalue weighted by atomic mass is 31.2. The van der Waals surface area contributed by atoms with Gasteiger partial charge in [0.05, 0.1) is 0 Å². The lowest BCUT2D eigenvalue weighted by molar-refractivity contribution is 0.366. The minimum atomic E-state index is -2.62. The molecule has 0 saturated heterocycles. The second-order valence-electron chi connectivity index (χ2n) is 0.537. The first kappa shape index (κ1) is 22.5. The Morgan fingerprint density at radius 1 is 0.500 bits per heavy atom. The maximum Gasteiger partial charge on any atom is 0.324 e. The molecule has 0 fully saturated rings. The molecule has 2 unspecified atom stereocenters. The van der Waals surface area contributed by atoms with Gasteiger partial charge in [-0.15, -0.1) is 0 Å². The molecule has 0 aromatic heterocycles. The summed E-state index contributed by atoms with van der Waals surface area (Å²) in [7, 11) is -5.24. The molecule has 0 amide bonds. The highest BCUT2D eigenvalue weighted by Crippen LogP contribution is 2.12. The van der Waals surface area contributed by atoms with E-state index >= 15 is 0 Å². The van der Waals surface area contributed by atoms with E-state index in [1.54, 1.807) is 0 Å². The van der Waals surface area contributed by atoms with Gasteiger partial charge in [-0.25, -0.2) is 0 Å². The van der Waals surface area contributed by atoms with Crippen LogP contribution in [0.15, 0.2) is 0 Å². The van der Waals surface area contributed by atoms with Gasteiger partial charge >= 0.3 is 17.2 Å². The van der Waals surface area contributed by atoms with Crippen molar-refractivity contribution in [1.82, 2.24) is 0 Å². The lowest BCUT2D eigenvalue weighted by Gasteiger charge is -1.76. The number of rotatable bonds is 0. The van der Waals surface area contributed by atoms with Gasteiger partial charge in [0.2, 0.25) is 0 Å². The predicted octanol–water partition coefficient (Wildman–Crippen LogP) is -1.50. The van der Waals surface area contributed by atoms with Gasteiger partial charge in [0.25, 0.3) is 0 Å². The number of hydrogen-bond donors (Lipinski definition) is 6. The fraction of sp³-hybridized carbons (Fsp3) is 0. The third-order valence-electron chi connectivity index (χ3n) is 0. The monoisotopic (exact) mass is 232 g/mol. The Bertz CT molecular complexity index is 25.2. The maximum absolute atomic E-state index is 7.23. The highest BCUT2D eigenvalue weighted by Gasteiger charge is 1.76. The Morgan fingerprint density at radius 3 is 0.500 bits per heavy atom. The quantitative estimate of drug-likeness (QED) is 0.282. The third-order valence-corrected chi connectivity index (χ3v) is 0. The Labute approximate surface area is 67.2 Å². The molecule has 0 saturated carbocycles. The van der Waals surface area contributed by atoms with Crippen molar-refractivity contribution in [3.63, 3.8) is 0 Å². The van der Waals surface area contributed by atoms with Crippen molar-refractivity contribution in [1.29, 1.82) is 0 Å². The molecule has 0 bridgehead atoms. The summed E-state index contributed by atoms with van der Waals surface area (Å²) in [5.41, 5.74) is 0. The average Bonchev–Trinajstić information content (AvgIpc) is 1.25. The first-order valence-electron chi connectivity index (χ1n) is 1.20. The van der Waals surface area contributed by atoms with Crippen molar-refractivity contribution in [2.45, 2.75) is 0 Å². The van der Waals surface area contributed by atoms with E-state index in [-0.39, 0.29) is 19.8 Å². The standard InChI is InChI=1S/2H3O3P.2H3P/c2*1-4(2)3;;/h2*1-3H;2*1H3. The third kappa shape index (κ3) is 311. The van der Waals surface area contributed by atoms with Crippen molar-refractivity contribution in [2.75, 3.05) is 0 Å². The van der Waals surface area contributed by atoms with Gasteiger partial charge in [-0.05, 0) is 0 Å². The van der Waals surface area contributed by atoms with Crippen molar-refractivity contribution in [2.24, 2.45) is 0 Å². The fourth-order valence-corrected chi connectivity index (χ4v) is 0. The first-order chi connectivity index (χ1) is 3.46. The van der Waals surface area contributed by atoms with Gasteiger partial charge in [0.1, 0.15) is 0 Å². The molecule has 2 atom stereocenters. The zero-order chi connectivity index (χ0) is 7.15. The summed E-state index contributed by atoms with van der Waals surface area (Å²) in [6, 6.07) is 0. The number of hydrogen-bond acceptors (Lipinski definition) is 6. The molecule has 10 heteroatoms. The van der Waals surface area contributed by atoms with Gasteiger partial charge in [0, 0.05) is 0 Å². The molecule has 0 radical (unpaired) electrons. The smallest absolute Gasteiger partial charge is 0.324 e. The molecular formula is H12O6P4. The van der Waals surface area contributed by atoms with E-state index in [1.165, 1.54) is 0 Å². The summed E-state index contributed by atoms with van der Waals surface area (Å²) in [5, 5.41) is 0. The van der Waals surface area contributed by atoms with Gasteiger partial charge in [0.15, 0.2) is 0 Å². The summed E-state index contributed by atoms with van der Waals surface area (Å²) in [5.74, 6) is 0. The van der Waals surface area contributed by atoms with Crippen molar-refractivity contribution in [3.8, 4) is 0 Å². The molecule has 0 aliphatic heterocycles. The van der Waals surface area contributed by atoms with Gasteiger partial charge < -0.3 is 29.4 Å². The highest BCUT2D eigenvalue weighted by molar-refractivity contribution is 7.38. The molecule has 68 valence electrons. The summed E-state index contributed by atoms with van der Waals surface area (Å²) in [6.07, 6.45) is 0. The van der Waals surface area contributed by atoms with Crippen LogP contribution in [0.3, 0.4) is 0 Å². The minimum absolute atomic E-state index is 0. The van der Waals surface area contributed by atoms with E-state index in [4.69, 9.17) is 29.4 Å². The van der Waals surface area contributed by atoms with Gasteiger partial charge in [-0.3, -0.25) is 0 Å². The normalized spacial score (nSPS) is 7.20. The Morgan fingerprint density at radius 2 is 0.500 bits per heavy atom. The molecule has 0 aromatic rings. The molecule has 0 heterocycles. The Balaban J connectivity index is -0.0000000300. The Kier molecular flexibility index (Phi) is 37.9. The van der Waals surface area contributed by atoms with E-state index in [9.17, 15) is 0 Å². The molecule has 10 heavy (non-hydrogen) atoms. The van der Waals surface area contributed by atoms with E-state index in [0.29, 0.717) is 0 Å². The fourth-order valence-electron chi connectivity index (χ4n) is 0. The summed E-state index contributed by atoms with van der Waals surface area (Å²) < 4.78 is 0. The zero-order valence-electron chi connectivity index (χ0n) is 4.99. The molecule has 0 aromatic carbocycles. The lowest BCUT2D eigenvalue weighted by Crippen LogP contribution is -1.54. The van der Waals surface area contributed by atoms with Crippen LogP contribution in [0.1, 0.15) is 0 Å². The SMILES string of the molecule is OP(O)O.OP(O)O.P.P. The van der Waals surface area contributed by atoms with E-state index in [2.05, 4.69) is 0 Å². The lowest BCUT2D eigenvalue weighted by atomic mass is 15.8. The van der Waals surface area contributed by atoms with Gasteiger partial charge in [-0.1, -0.05) is 0 Å². The molecular weight excluding hydrogens is 220 g/mol. The van der Waals surface area contributed by atoms with E-state index in [1.807, 2.05) is 0 Å². The van der Waals surface area contributed by atoms with Crippen LogP contribution in [-0.2, 0) is 0 Å². The van der Waals surface area contributed by atoms with Crippen LogP contribution < -0.4 is 0 Å². The molecule has 0 aliphatic carbocycles. The minimum Gasteiger partial charge on any atom is -0.328 e. The zero-order valence-corrected chi connectivity index (χ0v) is 9.61. The topological polar surface area (TPSA) is 121 Å². The van der Waals surface area contributed by atoms with Crippen LogP contribution >= 0.6 is 37.0 Å². The molecule has 0 spiro atoms. The summed E-state index contributed by atoms with van der Waals surface area (Å²) >= 11 is 0. The van der Waals surface area contributed by atoms with Crippen LogP contribution in [0.5, 0.6) is 0 Å². The molecule has 6 N–H and O–H groups in total. The van der Waals surface area contributed by atoms with E-state index in [0.717, 1.165) is 0 Å². The van der Waals surface area contributed by atoms with Gasteiger partial charge in [-0.2, -0.15) is 19.8 Å². The average molecular weight is 232 g/mol. The van der Waals surface area contributed by atoms with E-state index < -0.39 is 17.2 Å². The second-order valence-corrected chi connectivity index (χ2v) is 1.61. The summed E-state index contributed by atoms with van der Waals surface area (Å²) in [4.78, 5) is 43.4. The van der Waals surface area contributed by atoms with Crippen LogP contribution in [0.25, 0.3) is 0 Å². The van der Waals surface area contributed by atoms with Crippen LogP contribution in [0, 0.1) is 0 Å².